The quantitative estimate of drug-likeness (QED) is 0.641. The average Bonchev–Trinajstić information content (AvgIpc) is 2.78. The lowest BCUT2D eigenvalue weighted by molar-refractivity contribution is 0.100. The Balaban J connectivity index is 1.90. The molecule has 0 atom stereocenters. The van der Waals surface area contributed by atoms with Crippen LogP contribution in [-0.2, 0) is 0 Å². The maximum Gasteiger partial charge on any atom is 0.320 e. The number of urea groups is 1. The molecular weight excluding hydrogens is 234 g/mol. The van der Waals surface area contributed by atoms with Crippen LogP contribution in [0.4, 0.5) is 10.6 Å². The number of carbonyl (C=O) groups excluding carboxylic acids is 2. The Labute approximate surface area is 105 Å². The molecule has 0 radical (unpaired) electrons. The van der Waals surface area contributed by atoms with Gasteiger partial charge in [-0.1, -0.05) is 19.3 Å². The van der Waals surface area contributed by atoms with Crippen molar-refractivity contribution in [2.45, 2.75) is 38.1 Å². The fraction of sp³-hybridized carbons (Fsp3) is 0.545. The summed E-state index contributed by atoms with van der Waals surface area (Å²) in [5.74, 6) is -0.396. The van der Waals surface area contributed by atoms with Crippen LogP contribution in [0, 0.1) is 0 Å². The molecule has 1 saturated carbocycles. The number of nitrogens with two attached hydrogens (primary N) is 1. The summed E-state index contributed by atoms with van der Waals surface area (Å²) < 4.78 is 0. The molecule has 0 saturated heterocycles. The molecule has 1 aromatic rings. The van der Waals surface area contributed by atoms with Gasteiger partial charge in [0, 0.05) is 6.04 Å². The smallest absolute Gasteiger partial charge is 0.320 e. The summed E-state index contributed by atoms with van der Waals surface area (Å²) in [6.45, 7) is 0. The second-order valence-electron chi connectivity index (χ2n) is 4.46. The topological polar surface area (TPSA) is 113 Å². The van der Waals surface area contributed by atoms with E-state index < -0.39 is 5.91 Å². The van der Waals surface area contributed by atoms with Gasteiger partial charge in [-0.15, -0.1) is 0 Å². The highest BCUT2D eigenvalue weighted by atomic mass is 16.2. The van der Waals surface area contributed by atoms with E-state index in [1.165, 1.54) is 12.6 Å². The number of amides is 3. The van der Waals surface area contributed by atoms with Crippen molar-refractivity contribution in [1.82, 2.24) is 15.5 Å². The maximum absolute atomic E-state index is 11.7. The van der Waals surface area contributed by atoms with Crippen LogP contribution in [0.1, 0.15) is 42.5 Å². The number of rotatable bonds is 3. The highest BCUT2D eigenvalue weighted by Gasteiger charge is 2.17. The molecule has 1 fully saturated rings. The van der Waals surface area contributed by atoms with Crippen LogP contribution in [-0.4, -0.2) is 28.2 Å². The van der Waals surface area contributed by atoms with E-state index in [4.69, 9.17) is 5.73 Å². The lowest BCUT2D eigenvalue weighted by Gasteiger charge is -2.22. The summed E-state index contributed by atoms with van der Waals surface area (Å²) in [4.78, 5) is 22.8. The molecule has 0 spiro atoms. The van der Waals surface area contributed by atoms with Gasteiger partial charge in [0.15, 0.2) is 0 Å². The number of hydrogen-bond donors (Lipinski definition) is 4. The zero-order valence-corrected chi connectivity index (χ0v) is 10.0. The number of H-pyrrole nitrogens is 1. The van der Waals surface area contributed by atoms with E-state index in [-0.39, 0.29) is 23.5 Å². The van der Waals surface area contributed by atoms with E-state index in [1.54, 1.807) is 0 Å². The number of aromatic amines is 1. The largest absolute Gasteiger partial charge is 0.365 e. The van der Waals surface area contributed by atoms with Crippen molar-refractivity contribution < 1.29 is 9.59 Å². The van der Waals surface area contributed by atoms with Gasteiger partial charge in [-0.05, 0) is 12.8 Å². The number of nitrogens with zero attached hydrogens (tertiary/aromatic N) is 1. The normalized spacial score (nSPS) is 16.2. The Kier molecular flexibility index (Phi) is 3.81. The molecule has 2 rings (SSSR count). The van der Waals surface area contributed by atoms with Gasteiger partial charge in [-0.2, -0.15) is 5.10 Å². The molecule has 18 heavy (non-hydrogen) atoms. The van der Waals surface area contributed by atoms with Crippen LogP contribution in [0.3, 0.4) is 0 Å². The van der Waals surface area contributed by atoms with Gasteiger partial charge in [-0.25, -0.2) is 4.79 Å². The molecule has 1 heterocycles. The van der Waals surface area contributed by atoms with Crippen LogP contribution in [0.25, 0.3) is 0 Å². The van der Waals surface area contributed by atoms with E-state index in [0.29, 0.717) is 0 Å². The fourth-order valence-corrected chi connectivity index (χ4v) is 2.15. The molecule has 0 unspecified atom stereocenters. The van der Waals surface area contributed by atoms with Crippen molar-refractivity contribution in [3.63, 3.8) is 0 Å². The lowest BCUT2D eigenvalue weighted by atomic mass is 9.96. The summed E-state index contributed by atoms with van der Waals surface area (Å²) in [6, 6.07) is -0.132. The first-order valence-corrected chi connectivity index (χ1v) is 6.07. The van der Waals surface area contributed by atoms with Crippen LogP contribution in [0.5, 0.6) is 0 Å². The summed E-state index contributed by atoms with van der Waals surface area (Å²) in [5.41, 5.74) is 5.32. The third kappa shape index (κ3) is 2.99. The van der Waals surface area contributed by atoms with Crippen LogP contribution >= 0.6 is 0 Å². The van der Waals surface area contributed by atoms with Crippen molar-refractivity contribution in [1.29, 1.82) is 0 Å². The molecule has 7 nitrogen and oxygen atoms in total. The first kappa shape index (κ1) is 12.4. The van der Waals surface area contributed by atoms with Gasteiger partial charge in [0.2, 0.25) is 0 Å². The van der Waals surface area contributed by atoms with Crippen molar-refractivity contribution in [3.05, 3.63) is 11.8 Å². The minimum absolute atomic E-state index is 0.175. The zero-order chi connectivity index (χ0) is 13.0. The average molecular weight is 251 g/mol. The van der Waals surface area contributed by atoms with Gasteiger partial charge < -0.3 is 11.1 Å². The number of nitrogens with one attached hydrogen (secondary N) is 3. The number of carbonyl (C=O) groups is 2. The molecule has 1 aliphatic carbocycles. The Morgan fingerprint density at radius 1 is 1.33 bits per heavy atom. The molecule has 0 aromatic carbocycles. The van der Waals surface area contributed by atoms with Gasteiger partial charge in [0.05, 0.1) is 6.20 Å². The predicted molar refractivity (Wildman–Crippen MR) is 66.1 cm³/mol. The number of aromatic nitrogens is 2. The van der Waals surface area contributed by atoms with Gasteiger partial charge in [0.25, 0.3) is 5.91 Å². The van der Waals surface area contributed by atoms with Crippen molar-refractivity contribution >= 4 is 17.8 Å². The minimum atomic E-state index is -0.628. The third-order valence-electron chi connectivity index (χ3n) is 3.08. The predicted octanol–water partition coefficient (Wildman–Crippen LogP) is 0.963. The number of anilines is 1. The fourth-order valence-electron chi connectivity index (χ4n) is 2.15. The molecule has 0 aliphatic heterocycles. The van der Waals surface area contributed by atoms with Crippen LogP contribution in [0.15, 0.2) is 6.20 Å². The third-order valence-corrected chi connectivity index (χ3v) is 3.08. The number of hydrogen-bond acceptors (Lipinski definition) is 3. The van der Waals surface area contributed by atoms with Crippen LogP contribution in [0.2, 0.25) is 0 Å². The summed E-state index contributed by atoms with van der Waals surface area (Å²) in [6.07, 6.45) is 6.80. The van der Waals surface area contributed by atoms with E-state index in [0.717, 1.165) is 25.7 Å². The Hall–Kier alpha value is -2.05. The monoisotopic (exact) mass is 251 g/mol. The molecule has 0 bridgehead atoms. The standard InChI is InChI=1S/C11H17N5O2/c12-9(17)8-6-13-16-10(8)15-11(18)14-7-4-2-1-3-5-7/h6-7H,1-5H2,(H2,12,17)(H3,13,14,15,16,18). The Morgan fingerprint density at radius 3 is 2.72 bits per heavy atom. The zero-order valence-electron chi connectivity index (χ0n) is 10.0. The van der Waals surface area contributed by atoms with Crippen LogP contribution < -0.4 is 16.4 Å². The summed E-state index contributed by atoms with van der Waals surface area (Å²) in [5, 5.41) is 11.6. The van der Waals surface area contributed by atoms with E-state index in [2.05, 4.69) is 20.8 Å². The lowest BCUT2D eigenvalue weighted by Crippen LogP contribution is -2.39. The Bertz CT molecular complexity index is 436. The Morgan fingerprint density at radius 2 is 2.06 bits per heavy atom. The molecule has 3 amide bonds. The molecule has 1 aromatic heterocycles. The van der Waals surface area contributed by atoms with E-state index >= 15 is 0 Å². The summed E-state index contributed by atoms with van der Waals surface area (Å²) >= 11 is 0. The van der Waals surface area contributed by atoms with Crippen molar-refractivity contribution in [2.75, 3.05) is 5.32 Å². The first-order chi connectivity index (χ1) is 8.66. The van der Waals surface area contributed by atoms with Gasteiger partial charge in [-0.3, -0.25) is 15.2 Å². The summed E-state index contributed by atoms with van der Waals surface area (Å²) in [7, 11) is 0. The van der Waals surface area contributed by atoms with E-state index in [1.807, 2.05) is 0 Å². The SMILES string of the molecule is NC(=O)c1cn[nH]c1NC(=O)NC1CCCCC1. The number of primary amides is 1. The highest BCUT2D eigenvalue weighted by molar-refractivity contribution is 6.01. The van der Waals surface area contributed by atoms with Gasteiger partial charge >= 0.3 is 6.03 Å². The second kappa shape index (κ2) is 5.52. The molecule has 98 valence electrons. The second-order valence-corrected chi connectivity index (χ2v) is 4.46. The molecule has 7 heteroatoms. The maximum atomic E-state index is 11.7. The van der Waals surface area contributed by atoms with Gasteiger partial charge in [0.1, 0.15) is 11.4 Å². The molecular formula is C11H17N5O2. The minimum Gasteiger partial charge on any atom is -0.365 e. The van der Waals surface area contributed by atoms with Crippen molar-refractivity contribution in [3.8, 4) is 0 Å². The molecule has 5 N–H and O–H groups in total. The molecule has 1 aliphatic rings. The van der Waals surface area contributed by atoms with Crippen molar-refractivity contribution in [2.24, 2.45) is 5.73 Å². The first-order valence-electron chi connectivity index (χ1n) is 6.07. The highest BCUT2D eigenvalue weighted by Crippen LogP contribution is 2.17. The van der Waals surface area contributed by atoms with E-state index in [9.17, 15) is 9.59 Å².